The molecule has 1 N–H and O–H groups in total. The number of imidazole rings is 1. The van der Waals surface area contributed by atoms with E-state index in [9.17, 15) is 4.79 Å². The minimum absolute atomic E-state index is 0.0149. The van der Waals surface area contributed by atoms with Crippen molar-refractivity contribution < 1.29 is 4.79 Å². The summed E-state index contributed by atoms with van der Waals surface area (Å²) in [5.41, 5.74) is 4.12. The molecule has 0 saturated carbocycles. The predicted octanol–water partition coefficient (Wildman–Crippen LogP) is 1.96. The Morgan fingerprint density at radius 2 is 2.19 bits per heavy atom. The lowest BCUT2D eigenvalue weighted by atomic mass is 9.95. The third-order valence-electron chi connectivity index (χ3n) is 4.85. The summed E-state index contributed by atoms with van der Waals surface area (Å²) in [5, 5.41) is 7.47. The second-order valence-corrected chi connectivity index (χ2v) is 6.85. The average Bonchev–Trinajstić information content (AvgIpc) is 3.25. The van der Waals surface area contributed by atoms with Crippen LogP contribution in [0.25, 0.3) is 5.82 Å². The molecule has 0 spiro atoms. The van der Waals surface area contributed by atoms with Crippen molar-refractivity contribution in [3.05, 3.63) is 59.6 Å². The van der Waals surface area contributed by atoms with E-state index in [2.05, 4.69) is 25.0 Å². The van der Waals surface area contributed by atoms with E-state index < -0.39 is 0 Å². The summed E-state index contributed by atoms with van der Waals surface area (Å²) in [6.07, 6.45) is 7.08. The van der Waals surface area contributed by atoms with E-state index in [0.29, 0.717) is 6.54 Å². The van der Waals surface area contributed by atoms with Crippen molar-refractivity contribution in [1.29, 1.82) is 0 Å². The van der Waals surface area contributed by atoms with E-state index in [1.165, 1.54) is 0 Å². The summed E-state index contributed by atoms with van der Waals surface area (Å²) < 4.78 is 3.94. The van der Waals surface area contributed by atoms with Crippen molar-refractivity contribution in [1.82, 2.24) is 29.6 Å². The van der Waals surface area contributed by atoms with Crippen LogP contribution in [-0.2, 0) is 24.3 Å². The van der Waals surface area contributed by atoms with Gasteiger partial charge in [0.2, 0.25) is 5.91 Å². The zero-order valence-corrected chi connectivity index (χ0v) is 15.0. The van der Waals surface area contributed by atoms with Gasteiger partial charge >= 0.3 is 0 Å². The first-order chi connectivity index (χ1) is 12.6. The Kier molecular flexibility index (Phi) is 4.28. The molecule has 4 rings (SSSR count). The van der Waals surface area contributed by atoms with E-state index >= 15 is 0 Å². The Balaban J connectivity index is 1.36. The predicted molar refractivity (Wildman–Crippen MR) is 96.7 cm³/mol. The fraction of sp³-hybridized carbons (Fsp3) is 0.368. The van der Waals surface area contributed by atoms with Gasteiger partial charge in [0.05, 0.1) is 12.0 Å². The van der Waals surface area contributed by atoms with Gasteiger partial charge in [-0.2, -0.15) is 5.10 Å². The summed E-state index contributed by atoms with van der Waals surface area (Å²) in [4.78, 5) is 21.1. The van der Waals surface area contributed by atoms with E-state index in [1.807, 2.05) is 49.3 Å². The first-order valence-corrected chi connectivity index (χ1v) is 8.85. The van der Waals surface area contributed by atoms with E-state index in [0.717, 1.165) is 47.8 Å². The van der Waals surface area contributed by atoms with Crippen LogP contribution < -0.4 is 5.32 Å². The van der Waals surface area contributed by atoms with Gasteiger partial charge in [-0.3, -0.25) is 4.79 Å². The maximum Gasteiger partial charge on any atom is 0.223 e. The van der Waals surface area contributed by atoms with Crippen LogP contribution in [0.2, 0.25) is 0 Å². The van der Waals surface area contributed by atoms with Crippen LogP contribution in [0.4, 0.5) is 0 Å². The third kappa shape index (κ3) is 3.24. The van der Waals surface area contributed by atoms with E-state index in [4.69, 9.17) is 0 Å². The first kappa shape index (κ1) is 16.5. The highest BCUT2D eigenvalue weighted by atomic mass is 16.1. The molecule has 1 atom stereocenters. The molecule has 0 aliphatic carbocycles. The fourth-order valence-corrected chi connectivity index (χ4v) is 3.43. The number of rotatable bonds is 4. The number of aryl methyl sites for hydroxylation is 3. The van der Waals surface area contributed by atoms with Gasteiger partial charge in [0, 0.05) is 49.2 Å². The summed E-state index contributed by atoms with van der Waals surface area (Å²) in [6.45, 7) is 5.31. The largest absolute Gasteiger partial charge is 0.352 e. The van der Waals surface area contributed by atoms with Crippen molar-refractivity contribution in [3.8, 4) is 5.82 Å². The van der Waals surface area contributed by atoms with Crippen LogP contribution in [0.3, 0.4) is 0 Å². The molecule has 0 bridgehead atoms. The number of nitrogens with zero attached hydrogens (tertiary/aromatic N) is 5. The Hall–Kier alpha value is -2.96. The minimum Gasteiger partial charge on any atom is -0.352 e. The Labute approximate surface area is 152 Å². The Morgan fingerprint density at radius 1 is 1.31 bits per heavy atom. The summed E-state index contributed by atoms with van der Waals surface area (Å²) >= 11 is 0. The third-order valence-corrected chi connectivity index (χ3v) is 4.85. The number of fused-ring (bicyclic) bond motifs is 1. The van der Waals surface area contributed by atoms with Gasteiger partial charge in [0.25, 0.3) is 0 Å². The van der Waals surface area contributed by atoms with Crippen molar-refractivity contribution in [2.75, 3.05) is 0 Å². The number of pyridine rings is 1. The van der Waals surface area contributed by atoms with Gasteiger partial charge in [0.1, 0.15) is 0 Å². The summed E-state index contributed by atoms with van der Waals surface area (Å²) in [7, 11) is 0. The number of aromatic nitrogens is 5. The Bertz CT molecular complexity index is 924. The Morgan fingerprint density at radius 3 is 2.92 bits per heavy atom. The van der Waals surface area contributed by atoms with Crippen molar-refractivity contribution in [2.24, 2.45) is 5.92 Å². The standard InChI is InChI=1S/C19H22N6O/c1-13-7-14(2)25(23-13)18-4-3-15(9-21-18)10-22-19(26)16-5-6-24-12-20-11-17(24)8-16/h3-4,7,9,11-12,16H,5-6,8,10H2,1-2H3,(H,22,26). The maximum atomic E-state index is 12.5. The van der Waals surface area contributed by atoms with Gasteiger partial charge in [-0.25, -0.2) is 14.6 Å². The molecule has 7 nitrogen and oxygen atoms in total. The number of carbonyl (C=O) groups excluding carboxylic acids is 1. The second-order valence-electron chi connectivity index (χ2n) is 6.85. The van der Waals surface area contributed by atoms with Gasteiger partial charge in [-0.15, -0.1) is 0 Å². The average molecular weight is 350 g/mol. The van der Waals surface area contributed by atoms with Gasteiger partial charge in [-0.1, -0.05) is 6.07 Å². The first-order valence-electron chi connectivity index (χ1n) is 8.85. The molecule has 3 aromatic heterocycles. The molecule has 0 fully saturated rings. The molecule has 0 aromatic carbocycles. The molecule has 26 heavy (non-hydrogen) atoms. The molecule has 134 valence electrons. The van der Waals surface area contributed by atoms with Crippen LogP contribution in [0.15, 0.2) is 36.9 Å². The van der Waals surface area contributed by atoms with Crippen LogP contribution in [-0.4, -0.2) is 30.2 Å². The molecule has 0 saturated heterocycles. The smallest absolute Gasteiger partial charge is 0.223 e. The highest BCUT2D eigenvalue weighted by molar-refractivity contribution is 5.79. The second kappa shape index (κ2) is 6.74. The quantitative estimate of drug-likeness (QED) is 0.780. The molecule has 1 aliphatic heterocycles. The minimum atomic E-state index is 0.0149. The van der Waals surface area contributed by atoms with Crippen molar-refractivity contribution in [3.63, 3.8) is 0 Å². The summed E-state index contributed by atoms with van der Waals surface area (Å²) in [6, 6.07) is 5.93. The molecular weight excluding hydrogens is 328 g/mol. The number of carbonyl (C=O) groups is 1. The lowest BCUT2D eigenvalue weighted by molar-refractivity contribution is -0.125. The van der Waals surface area contributed by atoms with Crippen molar-refractivity contribution >= 4 is 5.91 Å². The maximum absolute atomic E-state index is 12.5. The van der Waals surface area contributed by atoms with E-state index in [1.54, 1.807) is 6.20 Å². The highest BCUT2D eigenvalue weighted by Crippen LogP contribution is 2.20. The SMILES string of the molecule is Cc1cc(C)n(-c2ccc(CNC(=O)C3CCn4cncc4C3)cn2)n1. The van der Waals surface area contributed by atoms with Crippen LogP contribution in [0.1, 0.15) is 29.1 Å². The molecule has 7 heteroatoms. The number of nitrogens with one attached hydrogen (secondary N) is 1. The molecule has 1 amide bonds. The lowest BCUT2D eigenvalue weighted by Crippen LogP contribution is -2.34. The van der Waals surface area contributed by atoms with Gasteiger partial charge < -0.3 is 9.88 Å². The van der Waals surface area contributed by atoms with E-state index in [-0.39, 0.29) is 11.8 Å². The topological polar surface area (TPSA) is 77.6 Å². The van der Waals surface area contributed by atoms with Crippen LogP contribution in [0.5, 0.6) is 0 Å². The normalized spacial score (nSPS) is 16.3. The summed E-state index contributed by atoms with van der Waals surface area (Å²) in [5.74, 6) is 0.896. The molecule has 0 radical (unpaired) electrons. The molecule has 4 heterocycles. The van der Waals surface area contributed by atoms with Gasteiger partial charge in [-0.05, 0) is 38.0 Å². The zero-order valence-electron chi connectivity index (χ0n) is 15.0. The number of hydrogen-bond acceptors (Lipinski definition) is 4. The fourth-order valence-electron chi connectivity index (χ4n) is 3.43. The number of amides is 1. The molecule has 3 aromatic rings. The lowest BCUT2D eigenvalue weighted by Gasteiger charge is -2.23. The van der Waals surface area contributed by atoms with Crippen LogP contribution >= 0.6 is 0 Å². The number of hydrogen-bond donors (Lipinski definition) is 1. The van der Waals surface area contributed by atoms with Gasteiger partial charge in [0.15, 0.2) is 5.82 Å². The highest BCUT2D eigenvalue weighted by Gasteiger charge is 2.24. The molecule has 1 unspecified atom stereocenters. The monoisotopic (exact) mass is 350 g/mol. The zero-order chi connectivity index (χ0) is 18.1. The molecule has 1 aliphatic rings. The molecular formula is C19H22N6O. The van der Waals surface area contributed by atoms with Crippen LogP contribution in [0, 0.1) is 19.8 Å². The van der Waals surface area contributed by atoms with Crippen molar-refractivity contribution in [2.45, 2.75) is 39.8 Å².